The summed E-state index contributed by atoms with van der Waals surface area (Å²) in [4.78, 5) is 22.7. The number of carbonyl (C=O) groups is 2. The van der Waals surface area contributed by atoms with Crippen LogP contribution in [0.1, 0.15) is 28.8 Å². The van der Waals surface area contributed by atoms with Crippen molar-refractivity contribution in [3.63, 3.8) is 0 Å². The van der Waals surface area contributed by atoms with E-state index < -0.39 is 0 Å². The molecule has 0 unspecified atom stereocenters. The molecule has 0 aromatic heterocycles. The maximum absolute atomic E-state index is 11.8. The molecular weight excluding hydrogens is 220 g/mol. The van der Waals surface area contributed by atoms with Gasteiger partial charge in [-0.25, -0.2) is 0 Å². The van der Waals surface area contributed by atoms with E-state index in [9.17, 15) is 9.59 Å². The summed E-state index contributed by atoms with van der Waals surface area (Å²) in [6.45, 7) is 1.87. The van der Waals surface area contributed by atoms with Gasteiger partial charge in [0, 0.05) is 12.0 Å². The average molecular weight is 236 g/mol. The highest BCUT2D eigenvalue weighted by atomic mass is 16.5. The van der Waals surface area contributed by atoms with E-state index in [1.807, 2.05) is 6.92 Å². The third kappa shape index (κ3) is 3.59. The van der Waals surface area contributed by atoms with Crippen molar-refractivity contribution in [2.45, 2.75) is 19.8 Å². The number of benzene rings is 1. The van der Waals surface area contributed by atoms with E-state index in [2.05, 4.69) is 4.74 Å². The minimum atomic E-state index is -0.372. The van der Waals surface area contributed by atoms with Gasteiger partial charge in [-0.2, -0.15) is 0 Å². The van der Waals surface area contributed by atoms with Crippen LogP contribution in [0, 0.1) is 6.92 Å². The standard InChI is InChI=1S/C13H16O4/c1-9-8-10(4-6-12(9)16-2)11(14)5-7-13(15)17-3/h4,6,8H,5,7H2,1-3H3. The molecule has 0 saturated carbocycles. The second-order valence-electron chi connectivity index (χ2n) is 3.68. The molecule has 0 saturated heterocycles. The molecule has 1 rings (SSSR count). The zero-order valence-corrected chi connectivity index (χ0v) is 10.3. The number of hydrogen-bond donors (Lipinski definition) is 0. The fourth-order valence-corrected chi connectivity index (χ4v) is 1.51. The Balaban J connectivity index is 2.69. The van der Waals surface area contributed by atoms with E-state index >= 15 is 0 Å². The molecule has 0 aliphatic heterocycles. The maximum atomic E-state index is 11.8. The first-order chi connectivity index (χ1) is 8.08. The Kier molecular flexibility index (Phi) is 4.69. The summed E-state index contributed by atoms with van der Waals surface area (Å²) in [5.41, 5.74) is 1.49. The predicted molar refractivity (Wildman–Crippen MR) is 63.3 cm³/mol. The van der Waals surface area contributed by atoms with E-state index in [4.69, 9.17) is 4.74 Å². The summed E-state index contributed by atoms with van der Waals surface area (Å²) in [5, 5.41) is 0. The van der Waals surface area contributed by atoms with Crippen molar-refractivity contribution >= 4 is 11.8 Å². The highest BCUT2D eigenvalue weighted by Crippen LogP contribution is 2.19. The predicted octanol–water partition coefficient (Wildman–Crippen LogP) is 2.14. The number of hydrogen-bond acceptors (Lipinski definition) is 4. The Morgan fingerprint density at radius 3 is 2.41 bits per heavy atom. The summed E-state index contributed by atoms with van der Waals surface area (Å²) < 4.78 is 9.60. The van der Waals surface area contributed by atoms with Crippen LogP contribution in [0.25, 0.3) is 0 Å². The van der Waals surface area contributed by atoms with Crippen molar-refractivity contribution in [2.75, 3.05) is 14.2 Å². The molecule has 0 heterocycles. The summed E-state index contributed by atoms with van der Waals surface area (Å²) in [6.07, 6.45) is 0.277. The zero-order chi connectivity index (χ0) is 12.8. The van der Waals surface area contributed by atoms with Crippen LogP contribution in [0.4, 0.5) is 0 Å². The first-order valence-electron chi connectivity index (χ1n) is 5.33. The quantitative estimate of drug-likeness (QED) is 0.580. The van der Waals surface area contributed by atoms with Crippen LogP contribution < -0.4 is 4.74 Å². The van der Waals surface area contributed by atoms with Gasteiger partial charge in [0.1, 0.15) is 5.75 Å². The summed E-state index contributed by atoms with van der Waals surface area (Å²) in [6, 6.07) is 5.21. The normalized spacial score (nSPS) is 9.82. The van der Waals surface area contributed by atoms with Gasteiger partial charge >= 0.3 is 5.97 Å². The Morgan fingerprint density at radius 1 is 1.18 bits per heavy atom. The van der Waals surface area contributed by atoms with Crippen LogP contribution in [-0.2, 0) is 9.53 Å². The molecular formula is C13H16O4. The molecule has 0 radical (unpaired) electrons. The minimum Gasteiger partial charge on any atom is -0.496 e. The zero-order valence-electron chi connectivity index (χ0n) is 10.3. The van der Waals surface area contributed by atoms with Gasteiger partial charge < -0.3 is 9.47 Å². The van der Waals surface area contributed by atoms with Crippen molar-refractivity contribution < 1.29 is 19.1 Å². The third-order valence-corrected chi connectivity index (χ3v) is 2.50. The fraction of sp³-hybridized carbons (Fsp3) is 0.385. The van der Waals surface area contributed by atoms with Gasteiger partial charge in [0.2, 0.25) is 0 Å². The summed E-state index contributed by atoms with van der Waals surface area (Å²) >= 11 is 0. The lowest BCUT2D eigenvalue weighted by atomic mass is 10.0. The number of Topliss-reactive ketones (excluding diaryl/α,β-unsaturated/α-hetero) is 1. The van der Waals surface area contributed by atoms with Gasteiger partial charge in [-0.1, -0.05) is 0 Å². The lowest BCUT2D eigenvalue weighted by Gasteiger charge is -2.06. The van der Waals surface area contributed by atoms with Gasteiger partial charge in [0.15, 0.2) is 5.78 Å². The van der Waals surface area contributed by atoms with Crippen LogP contribution in [-0.4, -0.2) is 26.0 Å². The third-order valence-electron chi connectivity index (χ3n) is 2.50. The molecule has 0 amide bonds. The smallest absolute Gasteiger partial charge is 0.305 e. The number of esters is 1. The van der Waals surface area contributed by atoms with Gasteiger partial charge in [-0.15, -0.1) is 0 Å². The maximum Gasteiger partial charge on any atom is 0.305 e. The lowest BCUT2D eigenvalue weighted by Crippen LogP contribution is -2.06. The van der Waals surface area contributed by atoms with Crippen LogP contribution in [0.2, 0.25) is 0 Å². The van der Waals surface area contributed by atoms with E-state index in [0.717, 1.165) is 11.3 Å². The number of aryl methyl sites for hydroxylation is 1. The number of carbonyl (C=O) groups excluding carboxylic acids is 2. The molecule has 0 spiro atoms. The highest BCUT2D eigenvalue weighted by Gasteiger charge is 2.10. The molecule has 0 aliphatic carbocycles. The molecule has 92 valence electrons. The first-order valence-corrected chi connectivity index (χ1v) is 5.33. The SMILES string of the molecule is COC(=O)CCC(=O)c1ccc(OC)c(C)c1. The molecule has 1 aromatic rings. The number of rotatable bonds is 5. The monoisotopic (exact) mass is 236 g/mol. The van der Waals surface area contributed by atoms with Gasteiger partial charge in [-0.05, 0) is 30.7 Å². The van der Waals surface area contributed by atoms with E-state index in [0.29, 0.717) is 5.56 Å². The Bertz CT molecular complexity index is 423. The molecule has 4 heteroatoms. The molecule has 0 atom stereocenters. The second kappa shape index (κ2) is 6.03. The minimum absolute atomic E-state index is 0.0684. The Morgan fingerprint density at radius 2 is 1.88 bits per heavy atom. The average Bonchev–Trinajstić information content (AvgIpc) is 2.35. The van der Waals surface area contributed by atoms with Crippen molar-refractivity contribution in [1.29, 1.82) is 0 Å². The largest absolute Gasteiger partial charge is 0.496 e. The van der Waals surface area contributed by atoms with Crippen molar-refractivity contribution in [3.05, 3.63) is 29.3 Å². The van der Waals surface area contributed by atoms with Crippen LogP contribution in [0.15, 0.2) is 18.2 Å². The topological polar surface area (TPSA) is 52.6 Å². The highest BCUT2D eigenvalue weighted by molar-refractivity contribution is 5.97. The molecule has 0 N–H and O–H groups in total. The molecule has 4 nitrogen and oxygen atoms in total. The van der Waals surface area contributed by atoms with Gasteiger partial charge in [0.25, 0.3) is 0 Å². The summed E-state index contributed by atoms with van der Waals surface area (Å²) in [7, 11) is 2.89. The molecule has 0 bridgehead atoms. The summed E-state index contributed by atoms with van der Waals surface area (Å²) in [5.74, 6) is 0.305. The molecule has 17 heavy (non-hydrogen) atoms. The Labute approximate surface area is 101 Å². The lowest BCUT2D eigenvalue weighted by molar-refractivity contribution is -0.140. The van der Waals surface area contributed by atoms with Crippen LogP contribution >= 0.6 is 0 Å². The van der Waals surface area contributed by atoms with E-state index in [1.54, 1.807) is 25.3 Å². The molecule has 0 aliphatic rings. The van der Waals surface area contributed by atoms with E-state index in [1.165, 1.54) is 7.11 Å². The van der Waals surface area contributed by atoms with Crippen LogP contribution in [0.5, 0.6) is 5.75 Å². The molecule has 1 aromatic carbocycles. The number of ketones is 1. The fourth-order valence-electron chi connectivity index (χ4n) is 1.51. The van der Waals surface area contributed by atoms with Crippen molar-refractivity contribution in [2.24, 2.45) is 0 Å². The number of ether oxygens (including phenoxy) is 2. The van der Waals surface area contributed by atoms with Gasteiger partial charge in [-0.3, -0.25) is 9.59 Å². The second-order valence-corrected chi connectivity index (χ2v) is 3.68. The Hall–Kier alpha value is -1.84. The van der Waals surface area contributed by atoms with Crippen molar-refractivity contribution in [1.82, 2.24) is 0 Å². The van der Waals surface area contributed by atoms with Crippen LogP contribution in [0.3, 0.4) is 0 Å². The van der Waals surface area contributed by atoms with Gasteiger partial charge in [0.05, 0.1) is 20.6 Å². The van der Waals surface area contributed by atoms with Crippen molar-refractivity contribution in [3.8, 4) is 5.75 Å². The van der Waals surface area contributed by atoms with E-state index in [-0.39, 0.29) is 24.6 Å². The molecule has 0 fully saturated rings. The first kappa shape index (κ1) is 13.2. The number of methoxy groups -OCH3 is 2.